The van der Waals surface area contributed by atoms with E-state index >= 15 is 4.39 Å². The zero-order valence-corrected chi connectivity index (χ0v) is 23.6. The first-order valence-electron chi connectivity index (χ1n) is 15.4. The number of rotatable bonds is 8. The van der Waals surface area contributed by atoms with Crippen LogP contribution in [0.3, 0.4) is 0 Å². The van der Waals surface area contributed by atoms with Crippen molar-refractivity contribution in [3.8, 4) is 22.3 Å². The van der Waals surface area contributed by atoms with Gasteiger partial charge in [-0.25, -0.2) is 13.2 Å². The lowest BCUT2D eigenvalue weighted by Gasteiger charge is -2.38. The van der Waals surface area contributed by atoms with Gasteiger partial charge in [0.25, 0.3) is 0 Å². The molecule has 3 aromatic rings. The summed E-state index contributed by atoms with van der Waals surface area (Å²) < 4.78 is 44.5. The lowest BCUT2D eigenvalue weighted by Crippen LogP contribution is -2.25. The minimum Gasteiger partial charge on any atom is -0.206 e. The van der Waals surface area contributed by atoms with Crippen molar-refractivity contribution in [3.05, 3.63) is 83.2 Å². The molecular weight excluding hydrogens is 489 g/mol. The third kappa shape index (κ3) is 6.28. The SMILES string of the molecule is CCCc1ccc(-c2ccc(-c3ccc(C4CCC(C5CCC(CCC)CC5)CC4)cc3F)cc2)c(F)c1F. The van der Waals surface area contributed by atoms with Crippen LogP contribution >= 0.6 is 0 Å². The Bertz CT molecular complexity index is 1230. The van der Waals surface area contributed by atoms with Crippen molar-refractivity contribution in [2.75, 3.05) is 0 Å². The van der Waals surface area contributed by atoms with Crippen LogP contribution in [0.25, 0.3) is 22.3 Å². The summed E-state index contributed by atoms with van der Waals surface area (Å²) in [4.78, 5) is 0. The van der Waals surface area contributed by atoms with Gasteiger partial charge in [0.2, 0.25) is 0 Å². The smallest absolute Gasteiger partial charge is 0.166 e. The van der Waals surface area contributed by atoms with Crippen molar-refractivity contribution >= 4 is 0 Å². The average Bonchev–Trinajstić information content (AvgIpc) is 2.97. The highest BCUT2D eigenvalue weighted by Gasteiger charge is 2.31. The molecule has 0 nitrogen and oxygen atoms in total. The van der Waals surface area contributed by atoms with Gasteiger partial charge in [0.05, 0.1) is 0 Å². The first-order chi connectivity index (χ1) is 19.0. The van der Waals surface area contributed by atoms with Gasteiger partial charge in [-0.3, -0.25) is 0 Å². The highest BCUT2D eigenvalue weighted by atomic mass is 19.2. The van der Waals surface area contributed by atoms with Gasteiger partial charge >= 0.3 is 0 Å². The fraction of sp³-hybridized carbons (Fsp3) is 0.500. The van der Waals surface area contributed by atoms with Crippen LogP contribution < -0.4 is 0 Å². The van der Waals surface area contributed by atoms with Gasteiger partial charge in [-0.15, -0.1) is 0 Å². The summed E-state index contributed by atoms with van der Waals surface area (Å²) >= 11 is 0. The normalized spacial score (nSPS) is 23.6. The van der Waals surface area contributed by atoms with E-state index in [1.807, 2.05) is 13.0 Å². The molecule has 0 atom stereocenters. The molecule has 0 radical (unpaired) electrons. The van der Waals surface area contributed by atoms with E-state index in [0.29, 0.717) is 29.0 Å². The van der Waals surface area contributed by atoms with Crippen molar-refractivity contribution in [2.45, 2.75) is 96.8 Å². The van der Waals surface area contributed by atoms with E-state index in [-0.39, 0.29) is 11.4 Å². The molecule has 0 aromatic heterocycles. The summed E-state index contributed by atoms with van der Waals surface area (Å²) in [6, 6.07) is 16.1. The highest BCUT2D eigenvalue weighted by Crippen LogP contribution is 2.45. The molecular formula is C36H43F3. The molecule has 2 saturated carbocycles. The summed E-state index contributed by atoms with van der Waals surface area (Å²) in [5.74, 6) is 1.36. The number of aryl methyl sites for hydroxylation is 1. The predicted octanol–water partition coefficient (Wildman–Crippen LogP) is 11.3. The van der Waals surface area contributed by atoms with Crippen LogP contribution in [0.5, 0.6) is 0 Å². The summed E-state index contributed by atoms with van der Waals surface area (Å²) in [5, 5.41) is 0. The van der Waals surface area contributed by atoms with Crippen molar-refractivity contribution in [1.82, 2.24) is 0 Å². The molecule has 0 N–H and O–H groups in total. The fourth-order valence-corrected chi connectivity index (χ4v) is 7.40. The molecule has 0 bridgehead atoms. The molecule has 2 aliphatic carbocycles. The number of benzene rings is 3. The van der Waals surface area contributed by atoms with Gasteiger partial charge in [0, 0.05) is 11.1 Å². The van der Waals surface area contributed by atoms with Crippen molar-refractivity contribution in [2.24, 2.45) is 17.8 Å². The van der Waals surface area contributed by atoms with Crippen LogP contribution in [-0.2, 0) is 6.42 Å². The fourth-order valence-electron chi connectivity index (χ4n) is 7.40. The Kier molecular flexibility index (Phi) is 9.15. The lowest BCUT2D eigenvalue weighted by molar-refractivity contribution is 0.156. The van der Waals surface area contributed by atoms with E-state index in [1.54, 1.807) is 42.5 Å². The number of halogens is 3. The van der Waals surface area contributed by atoms with E-state index in [9.17, 15) is 8.78 Å². The Morgan fingerprint density at radius 1 is 0.615 bits per heavy atom. The van der Waals surface area contributed by atoms with E-state index in [4.69, 9.17) is 0 Å². The minimum atomic E-state index is -0.817. The third-order valence-electron chi connectivity index (χ3n) is 9.68. The summed E-state index contributed by atoms with van der Waals surface area (Å²) in [7, 11) is 0. The molecule has 0 amide bonds. The Hall–Kier alpha value is -2.55. The predicted molar refractivity (Wildman–Crippen MR) is 156 cm³/mol. The molecule has 0 heterocycles. The van der Waals surface area contributed by atoms with Gasteiger partial charge in [0.15, 0.2) is 11.6 Å². The van der Waals surface area contributed by atoms with Crippen LogP contribution in [0, 0.1) is 35.2 Å². The van der Waals surface area contributed by atoms with Gasteiger partial charge in [-0.2, -0.15) is 0 Å². The van der Waals surface area contributed by atoms with Crippen molar-refractivity contribution in [3.63, 3.8) is 0 Å². The molecule has 208 valence electrons. The zero-order chi connectivity index (χ0) is 27.4. The summed E-state index contributed by atoms with van der Waals surface area (Å²) in [6.45, 7) is 4.25. The quantitative estimate of drug-likeness (QED) is 0.271. The Balaban J connectivity index is 1.22. The van der Waals surface area contributed by atoms with E-state index in [1.165, 1.54) is 51.4 Å². The van der Waals surface area contributed by atoms with Crippen LogP contribution in [0.4, 0.5) is 13.2 Å². The molecule has 3 heteroatoms. The number of hydrogen-bond donors (Lipinski definition) is 0. The first-order valence-corrected chi connectivity index (χ1v) is 15.4. The van der Waals surface area contributed by atoms with E-state index < -0.39 is 11.6 Å². The second kappa shape index (κ2) is 12.7. The number of hydrogen-bond acceptors (Lipinski definition) is 0. The van der Waals surface area contributed by atoms with Crippen LogP contribution in [-0.4, -0.2) is 0 Å². The molecule has 5 rings (SSSR count). The molecule has 2 fully saturated rings. The van der Waals surface area contributed by atoms with Crippen LogP contribution in [0.2, 0.25) is 0 Å². The van der Waals surface area contributed by atoms with E-state index in [2.05, 4.69) is 13.0 Å². The average molecular weight is 533 g/mol. The first kappa shape index (κ1) is 28.0. The summed E-state index contributed by atoms with van der Waals surface area (Å²) in [5.41, 5.74) is 3.63. The Labute approximate surface area is 233 Å². The molecule has 0 spiro atoms. The maximum absolute atomic E-state index is 15.3. The van der Waals surface area contributed by atoms with Crippen LogP contribution in [0.15, 0.2) is 54.6 Å². The lowest BCUT2D eigenvalue weighted by atomic mass is 9.68. The Morgan fingerprint density at radius 2 is 1.21 bits per heavy atom. The molecule has 0 saturated heterocycles. The monoisotopic (exact) mass is 532 g/mol. The zero-order valence-electron chi connectivity index (χ0n) is 23.6. The topological polar surface area (TPSA) is 0 Å². The second-order valence-electron chi connectivity index (χ2n) is 12.1. The molecule has 3 aromatic carbocycles. The van der Waals surface area contributed by atoms with E-state index in [0.717, 1.165) is 48.1 Å². The molecule has 0 unspecified atom stereocenters. The minimum absolute atomic E-state index is 0.210. The summed E-state index contributed by atoms with van der Waals surface area (Å²) in [6.07, 6.45) is 14.5. The standard InChI is InChI=1S/C36H43F3/c1-3-5-24-7-9-25(10-8-24)26-11-13-27(14-12-26)31-20-21-32(34(37)23-31)28-15-17-29(18-16-28)33-22-19-30(6-4-2)35(38)36(33)39/h15-27H,3-14H2,1-2H3. The maximum Gasteiger partial charge on any atom is 0.166 e. The van der Waals surface area contributed by atoms with Gasteiger partial charge in [-0.05, 0) is 96.9 Å². The van der Waals surface area contributed by atoms with Crippen molar-refractivity contribution in [1.29, 1.82) is 0 Å². The Morgan fingerprint density at radius 3 is 1.79 bits per heavy atom. The van der Waals surface area contributed by atoms with Gasteiger partial charge in [-0.1, -0.05) is 94.5 Å². The van der Waals surface area contributed by atoms with Crippen molar-refractivity contribution < 1.29 is 13.2 Å². The molecule has 39 heavy (non-hydrogen) atoms. The molecule has 2 aliphatic rings. The molecule has 0 aliphatic heterocycles. The van der Waals surface area contributed by atoms with Gasteiger partial charge in [0.1, 0.15) is 5.82 Å². The third-order valence-corrected chi connectivity index (χ3v) is 9.68. The highest BCUT2D eigenvalue weighted by molar-refractivity contribution is 5.71. The van der Waals surface area contributed by atoms with Gasteiger partial charge < -0.3 is 0 Å². The maximum atomic E-state index is 15.3. The van der Waals surface area contributed by atoms with Crippen LogP contribution in [0.1, 0.15) is 102 Å². The largest absolute Gasteiger partial charge is 0.206 e. The second-order valence-corrected chi connectivity index (χ2v) is 12.1.